The molecule has 20 heavy (non-hydrogen) atoms. The summed E-state index contributed by atoms with van der Waals surface area (Å²) in [4.78, 5) is 27.9. The van der Waals surface area contributed by atoms with Crippen molar-refractivity contribution < 1.29 is 14.3 Å². The minimum absolute atomic E-state index is 0.131. The maximum absolute atomic E-state index is 12.1. The molecule has 0 atom stereocenters. The van der Waals surface area contributed by atoms with Gasteiger partial charge in [-0.05, 0) is 48.8 Å². The Morgan fingerprint density at radius 1 is 1.30 bits per heavy atom. The predicted octanol–water partition coefficient (Wildman–Crippen LogP) is 2.76. The molecule has 1 N–H and O–H groups in total. The number of rotatable bonds is 3. The maximum Gasteiger partial charge on any atom is 0.338 e. The Balaban J connectivity index is 3.25. The molecule has 0 aromatic carbocycles. The number of carbonyl (C=O) groups is 2. The fourth-order valence-electron chi connectivity index (χ4n) is 1.37. The van der Waals surface area contributed by atoms with Gasteiger partial charge in [-0.25, -0.2) is 9.78 Å². The van der Waals surface area contributed by atoms with Gasteiger partial charge in [0.05, 0.1) is 11.3 Å². The SMILES string of the molecule is C=C(Br)c1cc(C(=O)OC(C)(C)C)cc(C(=O)NC)n1. The van der Waals surface area contributed by atoms with Crippen LogP contribution in [-0.4, -0.2) is 29.5 Å². The third-order valence-corrected chi connectivity index (χ3v) is 2.60. The highest BCUT2D eigenvalue weighted by Gasteiger charge is 2.20. The molecule has 108 valence electrons. The van der Waals surface area contributed by atoms with Crippen molar-refractivity contribution in [2.45, 2.75) is 26.4 Å². The van der Waals surface area contributed by atoms with Crippen LogP contribution in [0.5, 0.6) is 0 Å². The minimum atomic E-state index is -0.612. The normalized spacial score (nSPS) is 10.8. The van der Waals surface area contributed by atoms with Gasteiger partial charge in [-0.15, -0.1) is 0 Å². The van der Waals surface area contributed by atoms with E-state index in [1.807, 2.05) is 0 Å². The number of halogens is 1. The van der Waals surface area contributed by atoms with Crippen LogP contribution >= 0.6 is 15.9 Å². The summed E-state index contributed by atoms with van der Waals surface area (Å²) in [6.07, 6.45) is 0. The highest BCUT2D eigenvalue weighted by molar-refractivity contribution is 9.15. The van der Waals surface area contributed by atoms with Gasteiger partial charge in [0.25, 0.3) is 5.91 Å². The van der Waals surface area contributed by atoms with E-state index in [0.29, 0.717) is 10.2 Å². The van der Waals surface area contributed by atoms with Crippen LogP contribution in [0.1, 0.15) is 47.3 Å². The molecule has 5 nitrogen and oxygen atoms in total. The Morgan fingerprint density at radius 2 is 1.85 bits per heavy atom. The van der Waals surface area contributed by atoms with Crippen molar-refractivity contribution in [1.82, 2.24) is 10.3 Å². The molecule has 0 saturated heterocycles. The number of esters is 1. The summed E-state index contributed by atoms with van der Waals surface area (Å²) in [7, 11) is 1.49. The van der Waals surface area contributed by atoms with E-state index in [1.54, 1.807) is 20.8 Å². The largest absolute Gasteiger partial charge is 0.456 e. The molecule has 1 heterocycles. The molecular formula is C14H17BrN2O3. The number of hydrogen-bond donors (Lipinski definition) is 1. The van der Waals surface area contributed by atoms with Crippen molar-refractivity contribution in [3.8, 4) is 0 Å². The average molecular weight is 341 g/mol. The standard InChI is InChI=1S/C14H17BrN2O3/c1-8(15)10-6-9(13(19)20-14(2,3)4)7-11(17-10)12(18)16-5/h6-7H,1H2,2-5H3,(H,16,18). The number of amides is 1. The van der Waals surface area contributed by atoms with E-state index in [-0.39, 0.29) is 17.2 Å². The maximum atomic E-state index is 12.1. The van der Waals surface area contributed by atoms with Crippen LogP contribution in [0.15, 0.2) is 18.7 Å². The number of hydrogen-bond acceptors (Lipinski definition) is 4. The monoisotopic (exact) mass is 340 g/mol. The summed E-state index contributed by atoms with van der Waals surface area (Å²) in [6.45, 7) is 9.02. The Labute approximate surface area is 126 Å². The number of nitrogens with one attached hydrogen (secondary N) is 1. The van der Waals surface area contributed by atoms with Crippen molar-refractivity contribution in [3.63, 3.8) is 0 Å². The third kappa shape index (κ3) is 4.45. The smallest absolute Gasteiger partial charge is 0.338 e. The van der Waals surface area contributed by atoms with Crippen LogP contribution in [0.4, 0.5) is 0 Å². The van der Waals surface area contributed by atoms with Gasteiger partial charge in [0.1, 0.15) is 11.3 Å². The van der Waals surface area contributed by atoms with E-state index in [9.17, 15) is 9.59 Å². The number of aromatic nitrogens is 1. The van der Waals surface area contributed by atoms with E-state index < -0.39 is 11.6 Å². The summed E-state index contributed by atoms with van der Waals surface area (Å²) in [5.41, 5.74) is 0.182. The quantitative estimate of drug-likeness (QED) is 0.859. The molecule has 1 rings (SSSR count). The first-order valence-corrected chi connectivity index (χ1v) is 6.75. The van der Waals surface area contributed by atoms with Crippen LogP contribution in [-0.2, 0) is 4.74 Å². The number of pyridine rings is 1. The molecule has 0 aliphatic carbocycles. The Morgan fingerprint density at radius 3 is 2.30 bits per heavy atom. The van der Waals surface area contributed by atoms with Crippen LogP contribution in [0.25, 0.3) is 4.48 Å². The molecular weight excluding hydrogens is 324 g/mol. The molecule has 0 aliphatic heterocycles. The molecule has 0 aliphatic rings. The van der Waals surface area contributed by atoms with E-state index >= 15 is 0 Å². The third-order valence-electron chi connectivity index (χ3n) is 2.20. The summed E-state index contributed by atoms with van der Waals surface area (Å²) < 4.78 is 5.76. The lowest BCUT2D eigenvalue weighted by Gasteiger charge is -2.19. The van der Waals surface area contributed by atoms with Crippen LogP contribution in [0.3, 0.4) is 0 Å². The van der Waals surface area contributed by atoms with Crippen molar-refractivity contribution in [2.75, 3.05) is 7.05 Å². The van der Waals surface area contributed by atoms with Gasteiger partial charge in [0.2, 0.25) is 0 Å². The highest BCUT2D eigenvalue weighted by Crippen LogP contribution is 2.20. The lowest BCUT2D eigenvalue weighted by Crippen LogP contribution is -2.25. The Bertz CT molecular complexity index is 562. The van der Waals surface area contributed by atoms with Crippen LogP contribution in [0.2, 0.25) is 0 Å². The lowest BCUT2D eigenvalue weighted by atomic mass is 10.1. The van der Waals surface area contributed by atoms with Gasteiger partial charge >= 0.3 is 5.97 Å². The van der Waals surface area contributed by atoms with E-state index in [1.165, 1.54) is 19.2 Å². The molecule has 1 aromatic heterocycles. The predicted molar refractivity (Wildman–Crippen MR) is 80.8 cm³/mol. The molecule has 0 spiro atoms. The Kier molecular flexibility index (Phi) is 5.05. The second-order valence-corrected chi connectivity index (χ2v) is 6.07. The minimum Gasteiger partial charge on any atom is -0.456 e. The summed E-state index contributed by atoms with van der Waals surface area (Å²) in [6, 6.07) is 2.92. The van der Waals surface area contributed by atoms with E-state index in [4.69, 9.17) is 4.74 Å². The number of ether oxygens (including phenoxy) is 1. The van der Waals surface area contributed by atoms with Gasteiger partial charge in [0.15, 0.2) is 0 Å². The fraction of sp³-hybridized carbons (Fsp3) is 0.357. The van der Waals surface area contributed by atoms with Crippen molar-refractivity contribution in [2.24, 2.45) is 0 Å². The molecule has 0 radical (unpaired) electrons. The molecule has 0 unspecified atom stereocenters. The van der Waals surface area contributed by atoms with Crippen molar-refractivity contribution in [3.05, 3.63) is 35.7 Å². The van der Waals surface area contributed by atoms with Gasteiger partial charge < -0.3 is 10.1 Å². The first kappa shape index (κ1) is 16.4. The van der Waals surface area contributed by atoms with E-state index in [0.717, 1.165) is 0 Å². The van der Waals surface area contributed by atoms with Crippen LogP contribution in [0, 0.1) is 0 Å². The van der Waals surface area contributed by atoms with E-state index in [2.05, 4.69) is 32.8 Å². The van der Waals surface area contributed by atoms with Gasteiger partial charge in [0, 0.05) is 11.5 Å². The topological polar surface area (TPSA) is 68.3 Å². The first-order chi connectivity index (χ1) is 9.14. The van der Waals surface area contributed by atoms with Gasteiger partial charge in [-0.3, -0.25) is 4.79 Å². The van der Waals surface area contributed by atoms with Crippen molar-refractivity contribution >= 4 is 32.3 Å². The van der Waals surface area contributed by atoms with Gasteiger partial charge in [-0.2, -0.15) is 0 Å². The first-order valence-electron chi connectivity index (χ1n) is 5.96. The fourth-order valence-corrected chi connectivity index (χ4v) is 1.57. The molecule has 6 heteroatoms. The summed E-state index contributed by atoms with van der Waals surface area (Å²) in [5, 5.41) is 2.46. The van der Waals surface area contributed by atoms with Crippen LogP contribution < -0.4 is 5.32 Å². The molecule has 0 saturated carbocycles. The summed E-state index contributed by atoms with van der Waals surface area (Å²) >= 11 is 3.19. The highest BCUT2D eigenvalue weighted by atomic mass is 79.9. The molecule has 0 fully saturated rings. The molecule has 0 bridgehead atoms. The molecule has 1 amide bonds. The average Bonchev–Trinajstić information content (AvgIpc) is 2.35. The Hall–Kier alpha value is -1.69. The zero-order chi connectivity index (χ0) is 15.5. The number of nitrogens with zero attached hydrogens (tertiary/aromatic N) is 1. The second-order valence-electron chi connectivity index (χ2n) is 5.11. The van der Waals surface area contributed by atoms with Crippen molar-refractivity contribution in [1.29, 1.82) is 0 Å². The summed E-state index contributed by atoms with van der Waals surface area (Å²) in [5.74, 6) is -0.898. The second kappa shape index (κ2) is 6.17. The number of carbonyl (C=O) groups excluding carboxylic acids is 2. The zero-order valence-corrected chi connectivity index (χ0v) is 13.5. The molecule has 1 aromatic rings. The van der Waals surface area contributed by atoms with Gasteiger partial charge in [-0.1, -0.05) is 6.58 Å². The zero-order valence-electron chi connectivity index (χ0n) is 11.9. The lowest BCUT2D eigenvalue weighted by molar-refractivity contribution is 0.00693.